The molecule has 0 spiro atoms. The van der Waals surface area contributed by atoms with Gasteiger partial charge in [-0.1, -0.05) is 24.3 Å². The van der Waals surface area contributed by atoms with Crippen molar-refractivity contribution >= 4 is 23.4 Å². The van der Waals surface area contributed by atoms with Crippen molar-refractivity contribution in [2.45, 2.75) is 18.4 Å². The Bertz CT molecular complexity index is 584. The zero-order valence-corrected chi connectivity index (χ0v) is 12.1. The van der Waals surface area contributed by atoms with Gasteiger partial charge in [0.25, 0.3) is 5.91 Å². The van der Waals surface area contributed by atoms with E-state index in [0.29, 0.717) is 13.1 Å². The van der Waals surface area contributed by atoms with E-state index in [1.165, 1.54) is 0 Å². The molecule has 106 valence electrons. The molecule has 0 saturated carbocycles. The van der Waals surface area contributed by atoms with E-state index in [1.54, 1.807) is 22.6 Å². The molecular weight excluding hydrogens is 274 g/mol. The Morgan fingerprint density at radius 2 is 2.25 bits per heavy atom. The number of para-hydroxylation sites is 1. The lowest BCUT2D eigenvalue weighted by Gasteiger charge is -2.08. The monoisotopic (exact) mass is 291 g/mol. The summed E-state index contributed by atoms with van der Waals surface area (Å²) in [6, 6.07) is 7.70. The summed E-state index contributed by atoms with van der Waals surface area (Å²) < 4.78 is 1.56. The zero-order chi connectivity index (χ0) is 14.4. The van der Waals surface area contributed by atoms with Gasteiger partial charge in [0, 0.05) is 11.4 Å². The topological polar surface area (TPSA) is 85.8 Å². The van der Waals surface area contributed by atoms with E-state index in [1.807, 2.05) is 24.3 Å². The van der Waals surface area contributed by atoms with Crippen LogP contribution in [0.15, 0.2) is 35.4 Å². The van der Waals surface area contributed by atoms with Crippen LogP contribution in [0.2, 0.25) is 0 Å². The number of benzene rings is 1. The molecule has 1 amide bonds. The second kappa shape index (κ2) is 7.06. The highest BCUT2D eigenvalue weighted by atomic mass is 32.2. The second-order valence-electron chi connectivity index (χ2n) is 4.04. The fraction of sp³-hybridized carbons (Fsp3) is 0.308. The third-order valence-corrected chi connectivity index (χ3v) is 3.52. The van der Waals surface area contributed by atoms with Crippen LogP contribution < -0.4 is 11.1 Å². The summed E-state index contributed by atoms with van der Waals surface area (Å²) in [5.41, 5.74) is 6.51. The smallest absolute Gasteiger partial charge is 0.277 e. The second-order valence-corrected chi connectivity index (χ2v) is 5.34. The van der Waals surface area contributed by atoms with Gasteiger partial charge in [-0.25, -0.2) is 0 Å². The number of carbonyl (C=O) groups excluding carboxylic acids is 1. The molecule has 1 aromatic carbocycles. The maximum absolute atomic E-state index is 12.1. The third-order valence-electron chi connectivity index (χ3n) is 2.56. The largest absolute Gasteiger partial charge is 0.329 e. The van der Waals surface area contributed by atoms with Crippen LogP contribution in [0.4, 0.5) is 5.69 Å². The Balaban J connectivity index is 2.10. The Hall–Kier alpha value is -1.86. The highest BCUT2D eigenvalue weighted by molar-refractivity contribution is 7.99. The van der Waals surface area contributed by atoms with Gasteiger partial charge in [0.2, 0.25) is 0 Å². The number of nitrogens with one attached hydrogen (secondary N) is 1. The number of hydrogen-bond acceptors (Lipinski definition) is 5. The van der Waals surface area contributed by atoms with Crippen LogP contribution in [-0.2, 0) is 6.54 Å². The minimum Gasteiger partial charge on any atom is -0.329 e. The molecule has 0 aliphatic carbocycles. The van der Waals surface area contributed by atoms with Crippen molar-refractivity contribution < 1.29 is 4.79 Å². The van der Waals surface area contributed by atoms with Crippen molar-refractivity contribution in [3.8, 4) is 0 Å². The maximum Gasteiger partial charge on any atom is 0.277 e. The van der Waals surface area contributed by atoms with Gasteiger partial charge in [0.15, 0.2) is 5.69 Å². The van der Waals surface area contributed by atoms with E-state index in [9.17, 15) is 4.79 Å². The molecule has 0 unspecified atom stereocenters. The number of thioether (sulfide) groups is 1. The van der Waals surface area contributed by atoms with Crippen molar-refractivity contribution in [2.75, 3.05) is 17.6 Å². The SMILES string of the molecule is CCSc1ccccc1NC(=O)c1cn(CCN)nn1. The molecule has 2 rings (SSSR count). The molecule has 0 radical (unpaired) electrons. The Kier molecular flexibility index (Phi) is 5.14. The summed E-state index contributed by atoms with van der Waals surface area (Å²) in [5.74, 6) is 0.678. The first-order valence-corrected chi connectivity index (χ1v) is 7.36. The first-order valence-electron chi connectivity index (χ1n) is 6.38. The first kappa shape index (κ1) is 14.5. The number of hydrogen-bond donors (Lipinski definition) is 2. The number of amides is 1. The van der Waals surface area contributed by atoms with Crippen LogP contribution in [0, 0.1) is 0 Å². The van der Waals surface area contributed by atoms with Crippen molar-refractivity contribution in [1.29, 1.82) is 0 Å². The van der Waals surface area contributed by atoms with Gasteiger partial charge >= 0.3 is 0 Å². The minimum absolute atomic E-state index is 0.266. The zero-order valence-electron chi connectivity index (χ0n) is 11.2. The van der Waals surface area contributed by atoms with E-state index in [2.05, 4.69) is 22.6 Å². The van der Waals surface area contributed by atoms with Crippen LogP contribution in [0.25, 0.3) is 0 Å². The van der Waals surface area contributed by atoms with Crippen LogP contribution >= 0.6 is 11.8 Å². The van der Waals surface area contributed by atoms with Crippen LogP contribution in [-0.4, -0.2) is 33.2 Å². The van der Waals surface area contributed by atoms with E-state index in [-0.39, 0.29) is 11.6 Å². The summed E-state index contributed by atoms with van der Waals surface area (Å²) in [5, 5.41) is 10.6. The molecule has 20 heavy (non-hydrogen) atoms. The number of carbonyl (C=O) groups is 1. The molecule has 1 aromatic heterocycles. The predicted molar refractivity (Wildman–Crippen MR) is 79.9 cm³/mol. The number of anilines is 1. The Labute approximate surface area is 121 Å². The van der Waals surface area contributed by atoms with Crippen molar-refractivity contribution in [1.82, 2.24) is 15.0 Å². The van der Waals surface area contributed by atoms with Gasteiger partial charge in [0.05, 0.1) is 18.4 Å². The number of rotatable bonds is 6. The fourth-order valence-electron chi connectivity index (χ4n) is 1.68. The average Bonchev–Trinajstić information content (AvgIpc) is 2.90. The van der Waals surface area contributed by atoms with Gasteiger partial charge in [-0.15, -0.1) is 16.9 Å². The summed E-state index contributed by atoms with van der Waals surface area (Å²) >= 11 is 1.68. The van der Waals surface area contributed by atoms with E-state index in [4.69, 9.17) is 5.73 Å². The summed E-state index contributed by atoms with van der Waals surface area (Å²) in [6.45, 7) is 3.07. The molecule has 0 aliphatic heterocycles. The molecule has 2 aromatic rings. The third kappa shape index (κ3) is 3.58. The normalized spacial score (nSPS) is 10.5. The van der Waals surface area contributed by atoms with Gasteiger partial charge in [-0.2, -0.15) is 0 Å². The quantitative estimate of drug-likeness (QED) is 0.790. The van der Waals surface area contributed by atoms with Crippen LogP contribution in [0.3, 0.4) is 0 Å². The van der Waals surface area contributed by atoms with Crippen LogP contribution in [0.1, 0.15) is 17.4 Å². The number of aromatic nitrogens is 3. The predicted octanol–water partition coefficient (Wildman–Crippen LogP) is 1.60. The molecule has 3 N–H and O–H groups in total. The van der Waals surface area contributed by atoms with Crippen molar-refractivity contribution in [3.05, 3.63) is 36.2 Å². The van der Waals surface area contributed by atoms with E-state index < -0.39 is 0 Å². The highest BCUT2D eigenvalue weighted by Crippen LogP contribution is 2.26. The first-order chi connectivity index (χ1) is 9.74. The van der Waals surface area contributed by atoms with E-state index >= 15 is 0 Å². The standard InChI is InChI=1S/C13H17N5OS/c1-2-20-12-6-4-3-5-10(12)15-13(19)11-9-18(8-7-14)17-16-11/h3-6,9H,2,7-8,14H2,1H3,(H,15,19). The maximum atomic E-state index is 12.1. The van der Waals surface area contributed by atoms with Gasteiger partial charge < -0.3 is 11.1 Å². The molecule has 0 saturated heterocycles. The molecule has 1 heterocycles. The van der Waals surface area contributed by atoms with Gasteiger partial charge in [-0.05, 0) is 17.9 Å². The Morgan fingerprint density at radius 3 is 3.00 bits per heavy atom. The summed E-state index contributed by atoms with van der Waals surface area (Å²) in [4.78, 5) is 13.2. The van der Waals surface area contributed by atoms with Gasteiger partial charge in [-0.3, -0.25) is 9.48 Å². The van der Waals surface area contributed by atoms with E-state index in [0.717, 1.165) is 16.3 Å². The van der Waals surface area contributed by atoms with Crippen molar-refractivity contribution in [2.24, 2.45) is 5.73 Å². The molecular formula is C13H17N5OS. The van der Waals surface area contributed by atoms with Crippen molar-refractivity contribution in [3.63, 3.8) is 0 Å². The molecule has 0 aliphatic rings. The lowest BCUT2D eigenvalue weighted by molar-refractivity contribution is 0.102. The molecule has 0 bridgehead atoms. The van der Waals surface area contributed by atoms with Crippen LogP contribution in [0.5, 0.6) is 0 Å². The molecule has 7 heteroatoms. The molecule has 0 atom stereocenters. The number of nitrogens with zero attached hydrogens (tertiary/aromatic N) is 3. The van der Waals surface area contributed by atoms with Gasteiger partial charge in [0.1, 0.15) is 0 Å². The molecule has 0 fully saturated rings. The minimum atomic E-state index is -0.266. The summed E-state index contributed by atoms with van der Waals surface area (Å²) in [6.07, 6.45) is 1.60. The summed E-state index contributed by atoms with van der Waals surface area (Å²) in [7, 11) is 0. The number of nitrogens with two attached hydrogens (primary N) is 1. The lowest BCUT2D eigenvalue weighted by atomic mass is 10.3. The average molecular weight is 291 g/mol. The fourth-order valence-corrected chi connectivity index (χ4v) is 2.44. The Morgan fingerprint density at radius 1 is 1.45 bits per heavy atom. The lowest BCUT2D eigenvalue weighted by Crippen LogP contribution is -2.13. The highest BCUT2D eigenvalue weighted by Gasteiger charge is 2.12. The molecule has 6 nitrogen and oxygen atoms in total.